The molecule has 0 spiro atoms. The fourth-order valence-corrected chi connectivity index (χ4v) is 1.28. The molecule has 16 heavy (non-hydrogen) atoms. The van der Waals surface area contributed by atoms with Gasteiger partial charge in [0, 0.05) is 0 Å². The van der Waals surface area contributed by atoms with Gasteiger partial charge in [-0.1, -0.05) is 49.8 Å². The van der Waals surface area contributed by atoms with Crippen LogP contribution < -0.4 is 0 Å². The SMILES string of the molecule is C=CCCCC/C=[C]/CC=CC=CCCC. The Morgan fingerprint density at radius 2 is 1.75 bits per heavy atom. The van der Waals surface area contributed by atoms with Gasteiger partial charge >= 0.3 is 0 Å². The van der Waals surface area contributed by atoms with Gasteiger partial charge in [0.25, 0.3) is 0 Å². The average Bonchev–Trinajstić information content (AvgIpc) is 2.31. The van der Waals surface area contributed by atoms with Crippen LogP contribution in [0.5, 0.6) is 0 Å². The van der Waals surface area contributed by atoms with Gasteiger partial charge in [0.2, 0.25) is 0 Å². The molecular weight excluding hydrogens is 192 g/mol. The van der Waals surface area contributed by atoms with E-state index in [9.17, 15) is 0 Å². The minimum absolute atomic E-state index is 0.928. The molecule has 0 saturated carbocycles. The van der Waals surface area contributed by atoms with Crippen LogP contribution in [0.3, 0.4) is 0 Å². The van der Waals surface area contributed by atoms with E-state index < -0.39 is 0 Å². The molecule has 0 aliphatic heterocycles. The molecule has 0 aromatic heterocycles. The first kappa shape index (κ1) is 15.0. The highest BCUT2D eigenvalue weighted by atomic mass is 13.9. The monoisotopic (exact) mass is 217 g/mol. The lowest BCUT2D eigenvalue weighted by atomic mass is 10.2. The molecule has 0 bridgehead atoms. The van der Waals surface area contributed by atoms with Crippen LogP contribution in [0.4, 0.5) is 0 Å². The van der Waals surface area contributed by atoms with Gasteiger partial charge in [0.15, 0.2) is 0 Å². The van der Waals surface area contributed by atoms with E-state index in [-0.39, 0.29) is 0 Å². The quantitative estimate of drug-likeness (QED) is 0.261. The molecule has 0 amide bonds. The lowest BCUT2D eigenvalue weighted by molar-refractivity contribution is 0.761. The summed E-state index contributed by atoms with van der Waals surface area (Å²) < 4.78 is 0. The number of hydrogen-bond acceptors (Lipinski definition) is 0. The normalized spacial score (nSPS) is 12.1. The Morgan fingerprint density at radius 1 is 1.00 bits per heavy atom. The second kappa shape index (κ2) is 14.0. The van der Waals surface area contributed by atoms with Crippen molar-refractivity contribution in [1.29, 1.82) is 0 Å². The molecule has 89 valence electrons. The number of hydrogen-bond donors (Lipinski definition) is 0. The summed E-state index contributed by atoms with van der Waals surface area (Å²) in [6.07, 6.45) is 24.1. The average molecular weight is 217 g/mol. The highest BCUT2D eigenvalue weighted by Crippen LogP contribution is 2.01. The standard InChI is InChI=1S/C16H25/c1-3-5-7-9-11-13-15-16-14-12-10-8-6-4-2/h3,8,10,12-14H,1,4-7,9,11,16H2,2H3. The van der Waals surface area contributed by atoms with Crippen molar-refractivity contribution < 1.29 is 0 Å². The summed E-state index contributed by atoms with van der Waals surface area (Å²) in [6, 6.07) is 0. The van der Waals surface area contributed by atoms with Crippen LogP contribution in [-0.2, 0) is 0 Å². The lowest BCUT2D eigenvalue weighted by Crippen LogP contribution is -1.71. The van der Waals surface area contributed by atoms with Gasteiger partial charge < -0.3 is 0 Å². The molecule has 0 N–H and O–H groups in total. The summed E-state index contributed by atoms with van der Waals surface area (Å²) in [5.74, 6) is 0. The van der Waals surface area contributed by atoms with Gasteiger partial charge in [-0.2, -0.15) is 0 Å². The maximum absolute atomic E-state index is 3.71. The summed E-state index contributed by atoms with van der Waals surface area (Å²) in [5.41, 5.74) is 0. The van der Waals surface area contributed by atoms with Crippen molar-refractivity contribution in [2.24, 2.45) is 0 Å². The minimum atomic E-state index is 0.928. The highest BCUT2D eigenvalue weighted by Gasteiger charge is 1.81. The largest absolute Gasteiger partial charge is 0.103 e. The molecule has 0 nitrogen and oxygen atoms in total. The molecule has 0 atom stereocenters. The van der Waals surface area contributed by atoms with Crippen LogP contribution in [0.15, 0.2) is 43.0 Å². The molecule has 0 heteroatoms. The Balaban J connectivity index is 3.29. The topological polar surface area (TPSA) is 0 Å². The first-order valence-corrected chi connectivity index (χ1v) is 6.39. The molecule has 1 radical (unpaired) electrons. The third kappa shape index (κ3) is 13.0. The molecule has 0 fully saturated rings. The summed E-state index contributed by atoms with van der Waals surface area (Å²) in [4.78, 5) is 0. The summed E-state index contributed by atoms with van der Waals surface area (Å²) in [5, 5.41) is 0. The highest BCUT2D eigenvalue weighted by molar-refractivity contribution is 5.03. The summed E-state index contributed by atoms with van der Waals surface area (Å²) in [7, 11) is 0. The summed E-state index contributed by atoms with van der Waals surface area (Å²) >= 11 is 0. The maximum atomic E-state index is 3.71. The van der Waals surface area contributed by atoms with E-state index >= 15 is 0 Å². The van der Waals surface area contributed by atoms with Gasteiger partial charge in [0.1, 0.15) is 0 Å². The molecule has 0 aliphatic carbocycles. The van der Waals surface area contributed by atoms with Gasteiger partial charge in [-0.05, 0) is 44.6 Å². The van der Waals surface area contributed by atoms with Crippen molar-refractivity contribution in [1.82, 2.24) is 0 Å². The first-order chi connectivity index (χ1) is 7.91. The first-order valence-electron chi connectivity index (χ1n) is 6.39. The van der Waals surface area contributed by atoms with E-state index in [1.165, 1.54) is 25.7 Å². The molecule has 0 unspecified atom stereocenters. The molecular formula is C16H25. The van der Waals surface area contributed by atoms with Crippen molar-refractivity contribution >= 4 is 0 Å². The van der Waals surface area contributed by atoms with E-state index in [1.807, 2.05) is 6.08 Å². The fourth-order valence-electron chi connectivity index (χ4n) is 1.28. The van der Waals surface area contributed by atoms with Crippen LogP contribution in [0.25, 0.3) is 0 Å². The van der Waals surface area contributed by atoms with Crippen molar-refractivity contribution in [3.63, 3.8) is 0 Å². The third-order valence-electron chi connectivity index (χ3n) is 2.23. The third-order valence-corrected chi connectivity index (χ3v) is 2.23. The Morgan fingerprint density at radius 3 is 2.50 bits per heavy atom. The van der Waals surface area contributed by atoms with Crippen LogP contribution in [-0.4, -0.2) is 0 Å². The van der Waals surface area contributed by atoms with Gasteiger partial charge in [-0.15, -0.1) is 6.58 Å². The van der Waals surface area contributed by atoms with E-state index in [0.29, 0.717) is 0 Å². The van der Waals surface area contributed by atoms with Crippen LogP contribution in [0.2, 0.25) is 0 Å². The van der Waals surface area contributed by atoms with E-state index in [0.717, 1.165) is 19.3 Å². The maximum Gasteiger partial charge on any atom is -0.00948 e. The fraction of sp³-hybridized carbons (Fsp3) is 0.500. The Bertz CT molecular complexity index is 218. The zero-order chi connectivity index (χ0) is 11.9. The summed E-state index contributed by atoms with van der Waals surface area (Å²) in [6.45, 7) is 5.90. The van der Waals surface area contributed by atoms with E-state index in [2.05, 4.69) is 50.0 Å². The van der Waals surface area contributed by atoms with Crippen LogP contribution >= 0.6 is 0 Å². The Hall–Kier alpha value is -1.04. The van der Waals surface area contributed by atoms with Crippen LogP contribution in [0.1, 0.15) is 51.9 Å². The van der Waals surface area contributed by atoms with Gasteiger partial charge in [-0.3, -0.25) is 0 Å². The molecule has 0 heterocycles. The number of unbranched alkanes of at least 4 members (excludes halogenated alkanes) is 4. The predicted molar refractivity (Wildman–Crippen MR) is 74.3 cm³/mol. The van der Waals surface area contributed by atoms with Crippen molar-refractivity contribution in [3.05, 3.63) is 49.1 Å². The zero-order valence-electron chi connectivity index (χ0n) is 10.6. The van der Waals surface area contributed by atoms with Crippen molar-refractivity contribution in [3.8, 4) is 0 Å². The van der Waals surface area contributed by atoms with Gasteiger partial charge in [-0.25, -0.2) is 0 Å². The zero-order valence-corrected chi connectivity index (χ0v) is 10.6. The second-order valence-corrected chi connectivity index (χ2v) is 3.83. The predicted octanol–water partition coefficient (Wildman–Crippen LogP) is 5.39. The number of allylic oxidation sites excluding steroid dienone is 7. The smallest absolute Gasteiger partial charge is 0.00948 e. The molecule has 0 aliphatic rings. The van der Waals surface area contributed by atoms with Crippen LogP contribution in [0, 0.1) is 6.08 Å². The Kier molecular flexibility index (Phi) is 13.1. The minimum Gasteiger partial charge on any atom is -0.103 e. The molecule has 0 aromatic rings. The second-order valence-electron chi connectivity index (χ2n) is 3.83. The van der Waals surface area contributed by atoms with Crippen molar-refractivity contribution in [2.75, 3.05) is 0 Å². The van der Waals surface area contributed by atoms with Gasteiger partial charge in [0.05, 0.1) is 0 Å². The molecule has 0 rings (SSSR count). The molecule has 0 aromatic carbocycles. The lowest BCUT2D eigenvalue weighted by Gasteiger charge is -1.91. The van der Waals surface area contributed by atoms with E-state index in [1.54, 1.807) is 0 Å². The Labute approximate surface area is 101 Å². The van der Waals surface area contributed by atoms with E-state index in [4.69, 9.17) is 0 Å². The molecule has 0 saturated heterocycles. The number of rotatable bonds is 10. The van der Waals surface area contributed by atoms with Crippen molar-refractivity contribution in [2.45, 2.75) is 51.9 Å².